The summed E-state index contributed by atoms with van der Waals surface area (Å²) in [5, 5.41) is 3.23. The molecule has 0 aliphatic heterocycles. The molecule has 7 nitrogen and oxygen atoms in total. The van der Waals surface area contributed by atoms with Gasteiger partial charge in [0.1, 0.15) is 12.6 Å². The number of anilines is 1. The van der Waals surface area contributed by atoms with Gasteiger partial charge in [0.25, 0.3) is 10.0 Å². The number of halogens is 1. The molecule has 0 heterocycles. The van der Waals surface area contributed by atoms with Gasteiger partial charge in [-0.1, -0.05) is 84.4 Å². The van der Waals surface area contributed by atoms with Crippen molar-refractivity contribution in [3.05, 3.63) is 130 Å². The van der Waals surface area contributed by atoms with Gasteiger partial charge in [0.05, 0.1) is 10.6 Å². The first-order valence-corrected chi connectivity index (χ1v) is 15.4. The number of carbonyl (C=O) groups is 2. The van der Waals surface area contributed by atoms with Crippen molar-refractivity contribution >= 4 is 39.1 Å². The van der Waals surface area contributed by atoms with E-state index in [2.05, 4.69) is 5.32 Å². The lowest BCUT2D eigenvalue weighted by atomic mass is 10.0. The minimum absolute atomic E-state index is 0.0649. The first kappa shape index (κ1) is 30.8. The first-order valence-electron chi connectivity index (χ1n) is 13.5. The van der Waals surface area contributed by atoms with Gasteiger partial charge in [-0.2, -0.15) is 0 Å². The van der Waals surface area contributed by atoms with Crippen LogP contribution in [0.4, 0.5) is 5.69 Å². The molecule has 0 aliphatic rings. The largest absolute Gasteiger partial charge is 0.357 e. The van der Waals surface area contributed by atoms with Crippen LogP contribution in [0.3, 0.4) is 0 Å². The van der Waals surface area contributed by atoms with Crippen molar-refractivity contribution in [2.24, 2.45) is 0 Å². The van der Waals surface area contributed by atoms with Gasteiger partial charge in [-0.05, 0) is 66.4 Å². The van der Waals surface area contributed by atoms with Crippen LogP contribution < -0.4 is 9.62 Å². The summed E-state index contributed by atoms with van der Waals surface area (Å²) in [5.41, 5.74) is 3.64. The summed E-state index contributed by atoms with van der Waals surface area (Å²) in [6, 6.07) is 28.9. The van der Waals surface area contributed by atoms with Crippen LogP contribution in [-0.4, -0.2) is 44.8 Å². The van der Waals surface area contributed by atoms with Crippen molar-refractivity contribution in [1.29, 1.82) is 0 Å². The van der Waals surface area contributed by atoms with E-state index in [1.807, 2.05) is 50.2 Å². The smallest absolute Gasteiger partial charge is 0.264 e. The molecule has 0 saturated carbocycles. The highest BCUT2D eigenvalue weighted by Crippen LogP contribution is 2.29. The first-order chi connectivity index (χ1) is 20.1. The highest BCUT2D eigenvalue weighted by atomic mass is 35.5. The highest BCUT2D eigenvalue weighted by Gasteiger charge is 2.34. The third-order valence-electron chi connectivity index (χ3n) is 7.24. The van der Waals surface area contributed by atoms with E-state index in [0.717, 1.165) is 26.6 Å². The Hall–Kier alpha value is -4.14. The Bertz CT molecular complexity index is 1630. The standard InChI is InChI=1S/C33H34ClN3O4S/c1-24-11-10-16-30(25(24)2)37(42(40,41)29-14-8-5-9-15-29)23-32(38)36(22-27-17-19-28(34)20-18-27)31(33(39)35-3)21-26-12-6-4-7-13-26/h4-20,31H,21-23H2,1-3H3,(H,35,39)/t31-/m0/s1. The van der Waals surface area contributed by atoms with Crippen molar-refractivity contribution in [3.63, 3.8) is 0 Å². The monoisotopic (exact) mass is 603 g/mol. The van der Waals surface area contributed by atoms with Gasteiger partial charge >= 0.3 is 0 Å². The predicted molar refractivity (Wildman–Crippen MR) is 167 cm³/mol. The second-order valence-corrected chi connectivity index (χ2v) is 12.3. The molecular weight excluding hydrogens is 570 g/mol. The average Bonchev–Trinajstić information content (AvgIpc) is 3.00. The summed E-state index contributed by atoms with van der Waals surface area (Å²) in [6.07, 6.45) is 0.245. The van der Waals surface area contributed by atoms with E-state index in [1.54, 1.807) is 54.6 Å². The molecule has 4 aromatic carbocycles. The summed E-state index contributed by atoms with van der Waals surface area (Å²) >= 11 is 6.11. The molecule has 9 heteroatoms. The maximum atomic E-state index is 14.3. The second-order valence-electron chi connectivity index (χ2n) is 10.0. The molecule has 0 spiro atoms. The Morgan fingerprint density at radius 2 is 1.43 bits per heavy atom. The van der Waals surface area contributed by atoms with E-state index < -0.39 is 28.5 Å². The molecule has 1 atom stereocenters. The Labute approximate surface area is 252 Å². The Kier molecular flexibility index (Phi) is 10.0. The molecular formula is C33H34ClN3O4S. The molecule has 218 valence electrons. The molecule has 2 amide bonds. The molecule has 0 saturated heterocycles. The zero-order chi connectivity index (χ0) is 30.3. The maximum absolute atomic E-state index is 14.3. The Morgan fingerprint density at radius 1 is 0.810 bits per heavy atom. The molecule has 42 heavy (non-hydrogen) atoms. The number of rotatable bonds is 11. The van der Waals surface area contributed by atoms with Gasteiger partial charge in [-0.3, -0.25) is 13.9 Å². The summed E-state index contributed by atoms with van der Waals surface area (Å²) in [5.74, 6) is -0.875. The van der Waals surface area contributed by atoms with Crippen LogP contribution in [0.25, 0.3) is 0 Å². The third-order valence-corrected chi connectivity index (χ3v) is 9.26. The predicted octanol–water partition coefficient (Wildman–Crippen LogP) is 5.54. The number of carbonyl (C=O) groups excluding carboxylic acids is 2. The fraction of sp³-hybridized carbons (Fsp3) is 0.212. The minimum Gasteiger partial charge on any atom is -0.357 e. The molecule has 4 rings (SSSR count). The van der Waals surface area contributed by atoms with E-state index in [9.17, 15) is 18.0 Å². The number of benzene rings is 4. The van der Waals surface area contributed by atoms with Gasteiger partial charge in [-0.15, -0.1) is 0 Å². The third kappa shape index (κ3) is 7.19. The van der Waals surface area contributed by atoms with Crippen LogP contribution in [0.5, 0.6) is 0 Å². The van der Waals surface area contributed by atoms with Gasteiger partial charge in [0, 0.05) is 25.0 Å². The van der Waals surface area contributed by atoms with Crippen LogP contribution >= 0.6 is 11.6 Å². The maximum Gasteiger partial charge on any atom is 0.264 e. The molecule has 0 unspecified atom stereocenters. The molecule has 4 aromatic rings. The summed E-state index contributed by atoms with van der Waals surface area (Å²) in [7, 11) is -2.62. The summed E-state index contributed by atoms with van der Waals surface area (Å²) < 4.78 is 29.3. The number of likely N-dealkylation sites (N-methyl/N-ethyl adjacent to an activating group) is 1. The lowest BCUT2D eigenvalue weighted by molar-refractivity contribution is -0.139. The topological polar surface area (TPSA) is 86.8 Å². The molecule has 0 fully saturated rings. The van der Waals surface area contributed by atoms with Gasteiger partial charge in [0.15, 0.2) is 0 Å². The SMILES string of the molecule is CNC(=O)[C@H](Cc1ccccc1)N(Cc1ccc(Cl)cc1)C(=O)CN(c1cccc(C)c1C)S(=O)(=O)c1ccccc1. The second kappa shape index (κ2) is 13.7. The Morgan fingerprint density at radius 3 is 2.05 bits per heavy atom. The normalized spacial score (nSPS) is 11.9. The van der Waals surface area contributed by atoms with E-state index in [4.69, 9.17) is 11.6 Å². The fourth-order valence-electron chi connectivity index (χ4n) is 4.75. The zero-order valence-electron chi connectivity index (χ0n) is 23.8. The van der Waals surface area contributed by atoms with E-state index >= 15 is 0 Å². The minimum atomic E-state index is -4.14. The van der Waals surface area contributed by atoms with Gasteiger partial charge in [-0.25, -0.2) is 8.42 Å². The van der Waals surface area contributed by atoms with Crippen molar-refractivity contribution in [1.82, 2.24) is 10.2 Å². The number of hydrogen-bond acceptors (Lipinski definition) is 4. The number of hydrogen-bond donors (Lipinski definition) is 1. The Balaban J connectivity index is 1.81. The van der Waals surface area contributed by atoms with E-state index in [1.165, 1.54) is 24.1 Å². The van der Waals surface area contributed by atoms with Gasteiger partial charge < -0.3 is 10.2 Å². The zero-order valence-corrected chi connectivity index (χ0v) is 25.4. The molecule has 1 N–H and O–H groups in total. The fourth-order valence-corrected chi connectivity index (χ4v) is 6.36. The summed E-state index contributed by atoms with van der Waals surface area (Å²) in [6.45, 7) is 3.30. The number of amides is 2. The van der Waals surface area contributed by atoms with Crippen molar-refractivity contribution in [2.75, 3.05) is 17.9 Å². The lowest BCUT2D eigenvalue weighted by Gasteiger charge is -2.34. The van der Waals surface area contributed by atoms with Crippen LogP contribution in [0.1, 0.15) is 22.3 Å². The molecule has 0 aromatic heterocycles. The van der Waals surface area contributed by atoms with Crippen LogP contribution in [0.15, 0.2) is 108 Å². The van der Waals surface area contributed by atoms with Crippen molar-refractivity contribution in [2.45, 2.75) is 37.8 Å². The number of nitrogens with zero attached hydrogens (tertiary/aromatic N) is 2. The average molecular weight is 604 g/mol. The lowest BCUT2D eigenvalue weighted by Crippen LogP contribution is -2.53. The van der Waals surface area contributed by atoms with Crippen molar-refractivity contribution < 1.29 is 18.0 Å². The molecule has 0 bridgehead atoms. The number of nitrogens with one attached hydrogen (secondary N) is 1. The number of aryl methyl sites for hydroxylation is 1. The van der Waals surface area contributed by atoms with Crippen LogP contribution in [-0.2, 0) is 32.6 Å². The van der Waals surface area contributed by atoms with Gasteiger partial charge in [0.2, 0.25) is 11.8 Å². The van der Waals surface area contributed by atoms with Crippen LogP contribution in [0.2, 0.25) is 5.02 Å². The highest BCUT2D eigenvalue weighted by molar-refractivity contribution is 7.92. The molecule has 0 radical (unpaired) electrons. The quantitative estimate of drug-likeness (QED) is 0.244. The number of sulfonamides is 1. The van der Waals surface area contributed by atoms with Crippen LogP contribution in [0, 0.1) is 13.8 Å². The van der Waals surface area contributed by atoms with E-state index in [0.29, 0.717) is 10.7 Å². The van der Waals surface area contributed by atoms with E-state index in [-0.39, 0.29) is 23.8 Å². The van der Waals surface area contributed by atoms with Crippen molar-refractivity contribution in [3.8, 4) is 0 Å². The molecule has 0 aliphatic carbocycles. The summed E-state index contributed by atoms with van der Waals surface area (Å²) in [4.78, 5) is 29.2.